The standard InChI is InChI=1S/C12H10F3N3OS2/c1-19-9-4-8(18-20)16-12(17-9)21-5-6-2-3-7(13)11(15)10(6)14/h2-4,20H,5H2,1H3,(H,16,17,18). The van der Waals surface area contributed by atoms with Crippen molar-refractivity contribution in [3.8, 4) is 5.88 Å². The summed E-state index contributed by atoms with van der Waals surface area (Å²) in [5.74, 6) is -3.17. The fourth-order valence-corrected chi connectivity index (χ4v) is 2.39. The summed E-state index contributed by atoms with van der Waals surface area (Å²) in [6.07, 6.45) is 0. The molecule has 112 valence electrons. The van der Waals surface area contributed by atoms with E-state index in [1.165, 1.54) is 19.2 Å². The maximum Gasteiger partial charge on any atom is 0.219 e. The van der Waals surface area contributed by atoms with Crippen LogP contribution in [0.15, 0.2) is 23.4 Å². The van der Waals surface area contributed by atoms with Gasteiger partial charge in [-0.1, -0.05) is 30.6 Å². The average Bonchev–Trinajstić information content (AvgIpc) is 2.51. The molecule has 4 nitrogen and oxygen atoms in total. The number of aromatic nitrogens is 2. The van der Waals surface area contributed by atoms with Gasteiger partial charge in [0.15, 0.2) is 22.6 Å². The van der Waals surface area contributed by atoms with E-state index in [1.807, 2.05) is 0 Å². The molecule has 0 amide bonds. The van der Waals surface area contributed by atoms with Crippen molar-refractivity contribution in [2.75, 3.05) is 11.8 Å². The summed E-state index contributed by atoms with van der Waals surface area (Å²) in [4.78, 5) is 8.13. The van der Waals surface area contributed by atoms with Gasteiger partial charge in [-0.3, -0.25) is 0 Å². The van der Waals surface area contributed by atoms with Gasteiger partial charge in [-0.2, -0.15) is 4.98 Å². The lowest BCUT2D eigenvalue weighted by molar-refractivity contribution is 0.393. The lowest BCUT2D eigenvalue weighted by Gasteiger charge is -2.07. The molecule has 0 aliphatic carbocycles. The van der Waals surface area contributed by atoms with Crippen LogP contribution in [0.5, 0.6) is 5.88 Å². The Morgan fingerprint density at radius 1 is 1.24 bits per heavy atom. The molecule has 1 aromatic heterocycles. The van der Waals surface area contributed by atoms with Crippen LogP contribution in [0, 0.1) is 17.5 Å². The number of benzene rings is 1. The molecule has 0 atom stereocenters. The molecule has 0 aliphatic heterocycles. The van der Waals surface area contributed by atoms with Gasteiger partial charge >= 0.3 is 0 Å². The van der Waals surface area contributed by atoms with E-state index in [1.54, 1.807) is 0 Å². The van der Waals surface area contributed by atoms with Crippen molar-refractivity contribution in [2.45, 2.75) is 10.9 Å². The van der Waals surface area contributed by atoms with Gasteiger partial charge in [-0.15, -0.1) is 0 Å². The second-order valence-corrected chi connectivity index (χ2v) is 4.98. The Morgan fingerprint density at radius 2 is 2.00 bits per heavy atom. The number of ether oxygens (including phenoxy) is 1. The highest BCUT2D eigenvalue weighted by molar-refractivity contribution is 7.98. The molecule has 0 fully saturated rings. The monoisotopic (exact) mass is 333 g/mol. The van der Waals surface area contributed by atoms with Crippen molar-refractivity contribution in [2.24, 2.45) is 0 Å². The molecule has 2 rings (SSSR count). The fraction of sp³-hybridized carbons (Fsp3) is 0.167. The van der Waals surface area contributed by atoms with E-state index in [4.69, 9.17) is 4.74 Å². The minimum atomic E-state index is -1.49. The largest absolute Gasteiger partial charge is 0.481 e. The Morgan fingerprint density at radius 3 is 2.67 bits per heavy atom. The number of hydrogen-bond acceptors (Lipinski definition) is 6. The van der Waals surface area contributed by atoms with Gasteiger partial charge in [0.1, 0.15) is 5.82 Å². The van der Waals surface area contributed by atoms with Gasteiger partial charge in [-0.25, -0.2) is 18.2 Å². The Bertz CT molecular complexity index is 636. The van der Waals surface area contributed by atoms with E-state index >= 15 is 0 Å². The molecular weight excluding hydrogens is 323 g/mol. The molecule has 0 saturated carbocycles. The van der Waals surface area contributed by atoms with Crippen LogP contribution in [0.25, 0.3) is 0 Å². The zero-order valence-electron chi connectivity index (χ0n) is 10.7. The minimum absolute atomic E-state index is 0.0192. The smallest absolute Gasteiger partial charge is 0.219 e. The highest BCUT2D eigenvalue weighted by atomic mass is 32.2. The number of methoxy groups -OCH3 is 1. The topological polar surface area (TPSA) is 47.0 Å². The maximum absolute atomic E-state index is 13.5. The van der Waals surface area contributed by atoms with Crippen molar-refractivity contribution < 1.29 is 17.9 Å². The second-order valence-electron chi connectivity index (χ2n) is 3.81. The first-order valence-electron chi connectivity index (χ1n) is 5.63. The predicted molar refractivity (Wildman–Crippen MR) is 77.1 cm³/mol. The third-order valence-electron chi connectivity index (χ3n) is 2.48. The van der Waals surface area contributed by atoms with Gasteiger partial charge in [-0.05, 0) is 6.07 Å². The van der Waals surface area contributed by atoms with Crippen molar-refractivity contribution in [3.05, 3.63) is 41.2 Å². The average molecular weight is 333 g/mol. The van der Waals surface area contributed by atoms with Crippen LogP contribution in [0.3, 0.4) is 0 Å². The molecule has 1 aromatic carbocycles. The molecule has 0 aliphatic rings. The number of nitrogens with zero attached hydrogens (tertiary/aromatic N) is 2. The third-order valence-corrected chi connectivity index (χ3v) is 3.60. The Balaban J connectivity index is 2.18. The highest BCUT2D eigenvalue weighted by Crippen LogP contribution is 2.26. The summed E-state index contributed by atoms with van der Waals surface area (Å²) in [5.41, 5.74) is 0.0192. The molecule has 0 bridgehead atoms. The lowest BCUT2D eigenvalue weighted by atomic mass is 10.2. The molecular formula is C12H10F3N3OS2. The van der Waals surface area contributed by atoms with Crippen molar-refractivity contribution in [1.82, 2.24) is 9.97 Å². The van der Waals surface area contributed by atoms with Crippen molar-refractivity contribution in [3.63, 3.8) is 0 Å². The summed E-state index contributed by atoms with van der Waals surface area (Å²) >= 11 is 4.92. The predicted octanol–water partition coefficient (Wildman–Crippen LogP) is 3.45. The normalized spacial score (nSPS) is 10.5. The van der Waals surface area contributed by atoms with Gasteiger partial charge in [0.25, 0.3) is 0 Å². The zero-order chi connectivity index (χ0) is 15.4. The van der Waals surface area contributed by atoms with E-state index in [0.29, 0.717) is 11.7 Å². The summed E-state index contributed by atoms with van der Waals surface area (Å²) in [6, 6.07) is 3.58. The number of hydrogen-bond donors (Lipinski definition) is 2. The van der Waals surface area contributed by atoms with Crippen LogP contribution in [0.2, 0.25) is 0 Å². The van der Waals surface area contributed by atoms with Crippen LogP contribution in [0.4, 0.5) is 19.0 Å². The number of thioether (sulfide) groups is 1. The molecule has 0 saturated heterocycles. The molecule has 0 spiro atoms. The number of thiol groups is 1. The van der Waals surface area contributed by atoms with Crippen LogP contribution in [0.1, 0.15) is 5.56 Å². The second kappa shape index (κ2) is 6.90. The van der Waals surface area contributed by atoms with Crippen molar-refractivity contribution in [1.29, 1.82) is 0 Å². The Kier molecular flexibility index (Phi) is 5.18. The van der Waals surface area contributed by atoms with E-state index in [0.717, 1.165) is 17.8 Å². The molecule has 1 N–H and O–H groups in total. The maximum atomic E-state index is 13.5. The zero-order valence-corrected chi connectivity index (χ0v) is 12.4. The minimum Gasteiger partial charge on any atom is -0.481 e. The number of nitrogens with one attached hydrogen (secondary N) is 1. The first kappa shape index (κ1) is 15.8. The summed E-state index contributed by atoms with van der Waals surface area (Å²) in [5, 5.41) is 0.287. The first-order chi connectivity index (χ1) is 10.0. The van der Waals surface area contributed by atoms with Gasteiger partial charge in [0.2, 0.25) is 5.88 Å². The highest BCUT2D eigenvalue weighted by Gasteiger charge is 2.14. The van der Waals surface area contributed by atoms with Crippen molar-refractivity contribution >= 4 is 30.4 Å². The van der Waals surface area contributed by atoms with Gasteiger partial charge in [0.05, 0.1) is 7.11 Å². The summed E-state index contributed by atoms with van der Waals surface area (Å²) in [7, 11) is 1.44. The van der Waals surface area contributed by atoms with E-state index in [9.17, 15) is 13.2 Å². The molecule has 2 aromatic rings. The van der Waals surface area contributed by atoms with Crippen LogP contribution in [-0.4, -0.2) is 17.1 Å². The fourth-order valence-electron chi connectivity index (χ4n) is 1.45. The van der Waals surface area contributed by atoms with E-state index < -0.39 is 17.5 Å². The summed E-state index contributed by atoms with van der Waals surface area (Å²) in [6.45, 7) is 0. The lowest BCUT2D eigenvalue weighted by Crippen LogP contribution is -1.98. The van der Waals surface area contributed by atoms with Gasteiger partial charge in [0, 0.05) is 17.4 Å². The van der Waals surface area contributed by atoms with Gasteiger partial charge < -0.3 is 9.46 Å². The Labute approximate surface area is 128 Å². The summed E-state index contributed by atoms with van der Waals surface area (Å²) < 4.78 is 47.0. The molecule has 21 heavy (non-hydrogen) atoms. The molecule has 0 unspecified atom stereocenters. The SMILES string of the molecule is COc1cc(NS)nc(SCc2ccc(F)c(F)c2F)n1. The van der Waals surface area contributed by atoms with E-state index in [2.05, 4.69) is 27.5 Å². The van der Waals surface area contributed by atoms with Crippen LogP contribution in [-0.2, 0) is 5.75 Å². The van der Waals surface area contributed by atoms with Crippen LogP contribution < -0.4 is 9.46 Å². The first-order valence-corrected chi connectivity index (χ1v) is 7.06. The number of halogens is 3. The molecule has 0 radical (unpaired) electrons. The van der Waals surface area contributed by atoms with E-state index in [-0.39, 0.29) is 16.5 Å². The molecule has 9 heteroatoms. The van der Waals surface area contributed by atoms with Crippen LogP contribution >= 0.6 is 24.6 Å². The molecule has 1 heterocycles. The number of rotatable bonds is 5. The quantitative estimate of drug-likeness (QED) is 0.380. The number of anilines is 1. The third kappa shape index (κ3) is 3.73. The Hall–Kier alpha value is -1.61.